The van der Waals surface area contributed by atoms with Crippen molar-refractivity contribution in [1.29, 1.82) is 0 Å². The monoisotopic (exact) mass is 376 g/mol. The summed E-state index contributed by atoms with van der Waals surface area (Å²) in [6, 6.07) is 0. The topological polar surface area (TPSA) is 17.1 Å². The van der Waals surface area contributed by atoms with E-state index in [0.717, 1.165) is 0 Å². The van der Waals surface area contributed by atoms with Crippen molar-refractivity contribution in [2.24, 2.45) is 5.41 Å². The van der Waals surface area contributed by atoms with Gasteiger partial charge in [0, 0.05) is 11.7 Å². The number of carbonyl (C=O) groups excluding carboxylic acids is 1. The average molecular weight is 378 g/mol. The van der Waals surface area contributed by atoms with Gasteiger partial charge in [0.25, 0.3) is 0 Å². The SMILES string of the molecule is CC(C)(C)C(=O)Cl.CC(C)(C)Cl.[2HH].[Cl][Fe]([Cl])[Cl]. The van der Waals surface area contributed by atoms with Gasteiger partial charge in [-0.1, -0.05) is 20.8 Å². The van der Waals surface area contributed by atoms with Crippen molar-refractivity contribution < 1.29 is 17.4 Å². The first kappa shape index (κ1) is 22.8. The Morgan fingerprint density at radius 2 is 1.06 bits per heavy atom. The van der Waals surface area contributed by atoms with Gasteiger partial charge in [0.2, 0.25) is 5.24 Å². The molecule has 0 spiro atoms. The molecule has 0 fully saturated rings. The standard InChI is InChI=1S/C5H9ClO.C4H9Cl.3ClH.Fe.H2/c1-5(2,3)4(6)7;1-4(2,3)5;;;;;/h1-3H3;1-3H3;3*1H;;1H/q;;;;;+3;/p-3/i;;;;;;1+1. The summed E-state index contributed by atoms with van der Waals surface area (Å²) in [6.07, 6.45) is 0. The second kappa shape index (κ2) is 10.6. The van der Waals surface area contributed by atoms with Gasteiger partial charge in [0.1, 0.15) is 0 Å². The Balaban J connectivity index is -0.0000000757. The first-order valence-electron chi connectivity index (χ1n) is 4.23. The molecule has 0 rings (SSSR count). The molecule has 0 aliphatic rings. The Labute approximate surface area is 127 Å². The van der Waals surface area contributed by atoms with Gasteiger partial charge in [-0.15, -0.1) is 11.6 Å². The summed E-state index contributed by atoms with van der Waals surface area (Å²) < 4.78 is 0. The van der Waals surface area contributed by atoms with Crippen LogP contribution >= 0.6 is 53.5 Å². The number of rotatable bonds is 0. The minimum atomic E-state index is -1.33. The number of hydrogen-bond donors (Lipinski definition) is 0. The maximum absolute atomic E-state index is 10.2. The molecule has 0 aliphatic heterocycles. The van der Waals surface area contributed by atoms with E-state index in [1.54, 1.807) is 20.8 Å². The van der Waals surface area contributed by atoms with Crippen LogP contribution in [-0.2, 0) is 16.0 Å². The van der Waals surface area contributed by atoms with Gasteiger partial charge in [0.15, 0.2) is 0 Å². The van der Waals surface area contributed by atoms with Gasteiger partial charge in [-0.25, -0.2) is 0 Å². The van der Waals surface area contributed by atoms with Gasteiger partial charge < -0.3 is 0 Å². The Morgan fingerprint density at radius 3 is 1.06 bits per heavy atom. The van der Waals surface area contributed by atoms with E-state index in [1.807, 2.05) is 20.8 Å². The third-order valence-electron chi connectivity index (χ3n) is 0.590. The molecular formula is C9H20Cl5FeO. The van der Waals surface area contributed by atoms with Crippen LogP contribution in [0.25, 0.3) is 0 Å². The fourth-order valence-electron chi connectivity index (χ4n) is 0. The molecule has 0 amide bonds. The molecule has 0 unspecified atom stereocenters. The zero-order valence-corrected chi connectivity index (χ0v) is 15.0. The Hall–Kier alpha value is 1.64. The van der Waals surface area contributed by atoms with E-state index in [4.69, 9.17) is 53.5 Å². The van der Waals surface area contributed by atoms with Crippen LogP contribution in [-0.4, -0.2) is 10.1 Å². The third-order valence-corrected chi connectivity index (χ3v) is 1.16. The number of hydrogen-bond acceptors (Lipinski definition) is 1. The minimum absolute atomic E-state index is 0. The quantitative estimate of drug-likeness (QED) is 0.281. The van der Waals surface area contributed by atoms with Crippen LogP contribution in [0.3, 0.4) is 0 Å². The zero-order valence-electron chi connectivity index (χ0n) is 10.2. The predicted octanol–water partition coefficient (Wildman–Crippen LogP) is 6.13. The van der Waals surface area contributed by atoms with Crippen LogP contribution in [0.1, 0.15) is 43.0 Å². The van der Waals surface area contributed by atoms with Gasteiger partial charge in [-0.05, 0) is 32.4 Å². The van der Waals surface area contributed by atoms with Crippen LogP contribution in [0.2, 0.25) is 0 Å². The van der Waals surface area contributed by atoms with Crippen LogP contribution in [0.4, 0.5) is 0 Å². The van der Waals surface area contributed by atoms with E-state index >= 15 is 0 Å². The summed E-state index contributed by atoms with van der Waals surface area (Å²) >= 11 is 9.31. The molecule has 0 heterocycles. The van der Waals surface area contributed by atoms with Crippen molar-refractivity contribution in [3.8, 4) is 0 Å². The van der Waals surface area contributed by atoms with Crippen LogP contribution in [0.15, 0.2) is 0 Å². The molecule has 0 bridgehead atoms. The molecule has 0 aromatic rings. The van der Waals surface area contributed by atoms with Gasteiger partial charge >= 0.3 is 41.5 Å². The fourth-order valence-corrected chi connectivity index (χ4v) is 0. The van der Waals surface area contributed by atoms with Gasteiger partial charge in [-0.2, -0.15) is 0 Å². The van der Waals surface area contributed by atoms with Crippen molar-refractivity contribution in [3.63, 3.8) is 0 Å². The predicted molar refractivity (Wildman–Crippen MR) is 75.6 cm³/mol. The summed E-state index contributed by atoms with van der Waals surface area (Å²) in [5.41, 5.74) is -0.373. The second-order valence-corrected chi connectivity index (χ2v) is 11.7. The van der Waals surface area contributed by atoms with E-state index in [-0.39, 0.29) is 17.0 Å². The molecule has 0 aromatic carbocycles. The Kier molecular flexibility index (Phi) is 15.0. The Morgan fingerprint density at radius 1 is 1.00 bits per heavy atom. The number of carbonyl (C=O) groups is 1. The summed E-state index contributed by atoms with van der Waals surface area (Å²) in [7, 11) is 14.7. The van der Waals surface area contributed by atoms with Crippen LogP contribution in [0.5, 0.6) is 0 Å². The normalized spacial score (nSPS) is 11.6. The zero-order chi connectivity index (χ0) is 14.2. The van der Waals surface area contributed by atoms with Crippen molar-refractivity contribution in [1.82, 2.24) is 0 Å². The molecule has 0 aromatic heterocycles. The number of halogens is 5. The maximum atomic E-state index is 10.2. The molecule has 0 saturated carbocycles. The van der Waals surface area contributed by atoms with E-state index in [0.29, 0.717) is 0 Å². The molecule has 0 saturated heterocycles. The molecular weight excluding hydrogens is 357 g/mol. The van der Waals surface area contributed by atoms with Crippen LogP contribution < -0.4 is 0 Å². The molecule has 0 atom stereocenters. The Bertz CT molecular complexity index is 180. The number of alkyl halides is 1. The van der Waals surface area contributed by atoms with E-state index < -0.39 is 11.2 Å². The summed E-state index contributed by atoms with van der Waals surface area (Å²) in [4.78, 5) is 10.2. The van der Waals surface area contributed by atoms with Gasteiger partial charge in [0.05, 0.1) is 0 Å². The third kappa shape index (κ3) is 57.4. The first-order valence-corrected chi connectivity index (χ1v) is 9.55. The van der Waals surface area contributed by atoms with Crippen molar-refractivity contribution in [2.75, 3.05) is 0 Å². The molecule has 0 radical (unpaired) electrons. The second-order valence-electron chi connectivity index (χ2n) is 4.74. The summed E-state index contributed by atoms with van der Waals surface area (Å²) in [6.45, 7) is 11.2. The van der Waals surface area contributed by atoms with Crippen molar-refractivity contribution >= 4 is 58.7 Å². The molecule has 16 heavy (non-hydrogen) atoms. The molecule has 0 aliphatic carbocycles. The van der Waals surface area contributed by atoms with Crippen LogP contribution in [0, 0.1) is 5.41 Å². The van der Waals surface area contributed by atoms with Crippen molar-refractivity contribution in [2.45, 2.75) is 46.4 Å². The molecule has 0 N–H and O–H groups in total. The van der Waals surface area contributed by atoms with E-state index in [2.05, 4.69) is 0 Å². The molecule has 105 valence electrons. The first-order chi connectivity index (χ1) is 6.68. The van der Waals surface area contributed by atoms with Crippen molar-refractivity contribution in [3.05, 3.63) is 0 Å². The van der Waals surface area contributed by atoms with E-state index in [9.17, 15) is 4.79 Å². The average Bonchev–Trinajstić information content (AvgIpc) is 1.77. The molecule has 1 nitrogen and oxygen atoms in total. The van der Waals surface area contributed by atoms with E-state index in [1.165, 1.54) is 0 Å². The molecule has 7 heteroatoms. The summed E-state index contributed by atoms with van der Waals surface area (Å²) in [5.74, 6) is 0. The van der Waals surface area contributed by atoms with Gasteiger partial charge in [-0.3, -0.25) is 4.79 Å². The fraction of sp³-hybridized carbons (Fsp3) is 0.889. The summed E-state index contributed by atoms with van der Waals surface area (Å²) in [5, 5.41) is -0.285.